The zero-order chi connectivity index (χ0) is 16.0. The van der Waals surface area contributed by atoms with E-state index in [2.05, 4.69) is 31.9 Å². The van der Waals surface area contributed by atoms with Crippen LogP contribution in [0.4, 0.5) is 0 Å². The number of hydrogen-bond donors (Lipinski definition) is 0. The van der Waals surface area contributed by atoms with E-state index < -0.39 is 0 Å². The molecule has 4 aliphatic rings. The van der Waals surface area contributed by atoms with E-state index in [9.17, 15) is 9.59 Å². The van der Waals surface area contributed by atoms with Crippen molar-refractivity contribution in [3.05, 3.63) is 23.3 Å². The lowest BCUT2D eigenvalue weighted by atomic mass is 9.51. The van der Waals surface area contributed by atoms with E-state index >= 15 is 0 Å². The highest BCUT2D eigenvalue weighted by Crippen LogP contribution is 2.61. The first-order chi connectivity index (χ1) is 10.5. The lowest BCUT2D eigenvalue weighted by Gasteiger charge is -2.58. The number of carbonyl (C=O) groups is 2. The van der Waals surface area contributed by atoms with Gasteiger partial charge in [-0.15, -0.1) is 0 Å². The molecule has 6 heteroatoms. The van der Waals surface area contributed by atoms with Crippen LogP contribution in [0.15, 0.2) is 23.3 Å². The predicted molar refractivity (Wildman–Crippen MR) is 88.8 cm³/mol. The third-order valence-electron chi connectivity index (χ3n) is 4.79. The second-order valence-corrected chi connectivity index (χ2v) is 7.86. The molecule has 0 aromatic heterocycles. The van der Waals surface area contributed by atoms with Gasteiger partial charge >= 0.3 is 11.9 Å². The molecule has 6 atom stereocenters. The van der Waals surface area contributed by atoms with Gasteiger partial charge in [0.15, 0.2) is 0 Å². The third kappa shape index (κ3) is 2.21. The Bertz CT molecular complexity index is 520. The van der Waals surface area contributed by atoms with E-state index in [-0.39, 0.29) is 23.8 Å². The third-order valence-corrected chi connectivity index (χ3v) is 7.86. The summed E-state index contributed by atoms with van der Waals surface area (Å²) in [4.78, 5) is 25.4. The maximum absolute atomic E-state index is 12.4. The topological polar surface area (TPSA) is 52.6 Å². The summed E-state index contributed by atoms with van der Waals surface area (Å²) in [6.45, 7) is 4.14. The van der Waals surface area contributed by atoms with Gasteiger partial charge in [0, 0.05) is 21.5 Å². The molecule has 4 rings (SSSR count). The summed E-state index contributed by atoms with van der Waals surface area (Å²) < 4.78 is 10.4. The number of halogens is 2. The molecule has 0 aliphatic heterocycles. The summed E-state index contributed by atoms with van der Waals surface area (Å²) in [5.41, 5.74) is 0.996. The first kappa shape index (κ1) is 16.2. The lowest BCUT2D eigenvalue weighted by molar-refractivity contribution is -0.144. The molecule has 0 N–H and O–H groups in total. The Morgan fingerprint density at radius 3 is 1.59 bits per heavy atom. The predicted octanol–water partition coefficient (Wildman–Crippen LogP) is 3.00. The molecule has 0 amide bonds. The van der Waals surface area contributed by atoms with E-state index in [0.717, 1.165) is 0 Å². The Hall–Kier alpha value is -0.620. The smallest absolute Gasteiger partial charge is 0.335 e. The summed E-state index contributed by atoms with van der Waals surface area (Å²) in [5.74, 6) is -0.297. The number of alkyl halides is 2. The van der Waals surface area contributed by atoms with Gasteiger partial charge in [0.2, 0.25) is 0 Å². The summed E-state index contributed by atoms with van der Waals surface area (Å²) in [6, 6.07) is 0. The van der Waals surface area contributed by atoms with Crippen molar-refractivity contribution in [3.8, 4) is 0 Å². The van der Waals surface area contributed by atoms with Crippen molar-refractivity contribution in [1.29, 1.82) is 0 Å². The highest BCUT2D eigenvalue weighted by Gasteiger charge is 2.61. The minimum Gasteiger partial charge on any atom is -0.463 e. The molecule has 0 radical (unpaired) electrons. The molecule has 4 nitrogen and oxygen atoms in total. The van der Waals surface area contributed by atoms with E-state index in [1.807, 2.05) is 12.2 Å². The van der Waals surface area contributed by atoms with Crippen molar-refractivity contribution in [2.75, 3.05) is 13.2 Å². The van der Waals surface area contributed by atoms with Crippen molar-refractivity contribution in [2.24, 2.45) is 23.7 Å². The van der Waals surface area contributed by atoms with E-state index in [1.165, 1.54) is 0 Å². The van der Waals surface area contributed by atoms with E-state index in [1.54, 1.807) is 13.8 Å². The molecule has 0 unspecified atom stereocenters. The van der Waals surface area contributed by atoms with Crippen molar-refractivity contribution < 1.29 is 19.1 Å². The Labute approximate surface area is 146 Å². The van der Waals surface area contributed by atoms with E-state index in [0.29, 0.717) is 45.9 Å². The molecule has 4 aliphatic carbocycles. The summed E-state index contributed by atoms with van der Waals surface area (Å²) in [5, 5.41) is 0. The summed E-state index contributed by atoms with van der Waals surface area (Å²) in [6.07, 6.45) is 4.10. The average Bonchev–Trinajstić information content (AvgIpc) is 2.53. The Balaban J connectivity index is 2.05. The van der Waals surface area contributed by atoms with Gasteiger partial charge in [-0.2, -0.15) is 0 Å². The molecule has 22 heavy (non-hydrogen) atoms. The molecule has 0 heterocycles. The maximum Gasteiger partial charge on any atom is 0.335 e. The largest absolute Gasteiger partial charge is 0.463 e. The molecule has 0 spiro atoms. The van der Waals surface area contributed by atoms with Crippen LogP contribution < -0.4 is 0 Å². The van der Waals surface area contributed by atoms with Crippen LogP contribution in [0.1, 0.15) is 13.8 Å². The zero-order valence-corrected chi connectivity index (χ0v) is 15.6. The first-order valence-electron chi connectivity index (χ1n) is 7.57. The van der Waals surface area contributed by atoms with Gasteiger partial charge in [-0.1, -0.05) is 44.0 Å². The van der Waals surface area contributed by atoms with Crippen LogP contribution in [-0.2, 0) is 19.1 Å². The SMILES string of the molecule is CCOC(=O)C1=C(C(=O)OCC)[C@@H]2C=C[C@@H]1[C@H]1[C@H](Br)[C@H](Br)[C@@H]12. The molecular weight excluding hydrogens is 416 g/mol. The molecule has 120 valence electrons. The monoisotopic (exact) mass is 432 g/mol. The van der Waals surface area contributed by atoms with Crippen molar-refractivity contribution >= 4 is 43.8 Å². The van der Waals surface area contributed by atoms with Crippen LogP contribution in [-0.4, -0.2) is 34.8 Å². The highest BCUT2D eigenvalue weighted by atomic mass is 79.9. The fourth-order valence-electron chi connectivity index (χ4n) is 3.92. The van der Waals surface area contributed by atoms with Crippen molar-refractivity contribution in [3.63, 3.8) is 0 Å². The zero-order valence-electron chi connectivity index (χ0n) is 12.4. The van der Waals surface area contributed by atoms with Crippen LogP contribution in [0.5, 0.6) is 0 Å². The summed E-state index contributed by atoms with van der Waals surface area (Å²) >= 11 is 7.40. The van der Waals surface area contributed by atoms with Gasteiger partial charge in [0.1, 0.15) is 0 Å². The van der Waals surface area contributed by atoms with Crippen LogP contribution in [0.3, 0.4) is 0 Å². The number of esters is 2. The highest BCUT2D eigenvalue weighted by molar-refractivity contribution is 9.12. The molecule has 1 fully saturated rings. The maximum atomic E-state index is 12.4. The average molecular weight is 434 g/mol. The van der Waals surface area contributed by atoms with Gasteiger partial charge in [-0.25, -0.2) is 9.59 Å². The molecule has 0 saturated heterocycles. The minimum absolute atomic E-state index is 0.0772. The quantitative estimate of drug-likeness (QED) is 0.388. The Kier molecular flexibility index (Phi) is 4.52. The van der Waals surface area contributed by atoms with Crippen molar-refractivity contribution in [2.45, 2.75) is 23.5 Å². The van der Waals surface area contributed by atoms with Crippen LogP contribution >= 0.6 is 31.9 Å². The standard InChI is InChI=1S/C16H18Br2O4/c1-3-21-15(19)11-7-5-6-8(12(11)16(20)22-4-2)10-9(7)13(17)14(10)18/h5-10,13-14H,3-4H2,1-2H3/t7-,8-,9-,10-,13-,14+/m1/s1. The number of ether oxygens (including phenoxy) is 2. The van der Waals surface area contributed by atoms with Gasteiger partial charge in [-0.05, 0) is 25.7 Å². The number of allylic oxidation sites excluding steroid dienone is 2. The second-order valence-electron chi connectivity index (χ2n) is 5.75. The van der Waals surface area contributed by atoms with Gasteiger partial charge in [-0.3, -0.25) is 0 Å². The van der Waals surface area contributed by atoms with Crippen LogP contribution in [0, 0.1) is 23.7 Å². The lowest BCUT2D eigenvalue weighted by Crippen LogP contribution is -2.60. The number of rotatable bonds is 4. The van der Waals surface area contributed by atoms with Gasteiger partial charge in [0.05, 0.1) is 24.4 Å². The van der Waals surface area contributed by atoms with Crippen molar-refractivity contribution in [1.82, 2.24) is 0 Å². The molecule has 0 aromatic rings. The Morgan fingerprint density at radius 1 is 0.909 bits per heavy atom. The number of hydrogen-bond acceptors (Lipinski definition) is 4. The van der Waals surface area contributed by atoms with Crippen LogP contribution in [0.25, 0.3) is 0 Å². The fourth-order valence-corrected chi connectivity index (χ4v) is 5.99. The van der Waals surface area contributed by atoms with Crippen LogP contribution in [0.2, 0.25) is 0 Å². The molecular formula is C16H18Br2O4. The molecule has 0 aromatic carbocycles. The number of carbonyl (C=O) groups excluding carboxylic acids is 2. The second kappa shape index (κ2) is 6.11. The van der Waals surface area contributed by atoms with Gasteiger partial charge < -0.3 is 9.47 Å². The van der Waals surface area contributed by atoms with Gasteiger partial charge in [0.25, 0.3) is 0 Å². The summed E-state index contributed by atoms with van der Waals surface area (Å²) in [7, 11) is 0. The first-order valence-corrected chi connectivity index (χ1v) is 9.40. The molecule has 2 bridgehead atoms. The minimum atomic E-state index is -0.388. The Morgan fingerprint density at radius 2 is 1.27 bits per heavy atom. The molecule has 1 saturated carbocycles. The van der Waals surface area contributed by atoms with E-state index in [4.69, 9.17) is 9.47 Å². The normalized spacial score (nSPS) is 38.4. The fraction of sp³-hybridized carbons (Fsp3) is 0.625.